The second kappa shape index (κ2) is 5.76. The van der Waals surface area contributed by atoms with Crippen molar-refractivity contribution in [3.63, 3.8) is 0 Å². The molecule has 1 aliphatic rings. The first kappa shape index (κ1) is 15.6. The van der Waals surface area contributed by atoms with E-state index < -0.39 is 10.0 Å². The molecule has 0 spiro atoms. The molecule has 0 saturated heterocycles. The molecule has 1 saturated carbocycles. The fraction of sp³-hybridized carbons (Fsp3) is 0.438. The number of thiazole rings is 1. The van der Waals surface area contributed by atoms with Gasteiger partial charge < -0.3 is 0 Å². The normalized spacial score (nSPS) is 15.5. The van der Waals surface area contributed by atoms with Crippen molar-refractivity contribution < 1.29 is 8.42 Å². The van der Waals surface area contributed by atoms with Crippen molar-refractivity contribution in [2.75, 3.05) is 0 Å². The zero-order chi connectivity index (χ0) is 15.9. The smallest absolute Gasteiger partial charge is 0.241 e. The van der Waals surface area contributed by atoms with E-state index in [9.17, 15) is 8.42 Å². The van der Waals surface area contributed by atoms with Crippen LogP contribution in [0.1, 0.15) is 43.2 Å². The third-order valence-electron chi connectivity index (χ3n) is 3.74. The van der Waals surface area contributed by atoms with Gasteiger partial charge in [0.2, 0.25) is 10.0 Å². The molecule has 1 aromatic carbocycles. The molecule has 0 bridgehead atoms. The summed E-state index contributed by atoms with van der Waals surface area (Å²) < 4.78 is 28.1. The maximum atomic E-state index is 12.7. The predicted molar refractivity (Wildman–Crippen MR) is 89.7 cm³/mol. The summed E-state index contributed by atoms with van der Waals surface area (Å²) in [5.74, 6) is 0.150. The van der Waals surface area contributed by atoms with Gasteiger partial charge in [0.25, 0.3) is 0 Å². The molecule has 0 atom stereocenters. The molecule has 2 aromatic rings. The Hall–Kier alpha value is -1.24. The van der Waals surface area contributed by atoms with E-state index in [2.05, 4.69) is 9.71 Å². The number of rotatable bonds is 5. The summed E-state index contributed by atoms with van der Waals surface area (Å²) >= 11 is 1.57. The van der Waals surface area contributed by atoms with Crippen molar-refractivity contribution in [3.05, 3.63) is 34.2 Å². The van der Waals surface area contributed by atoms with Gasteiger partial charge in [-0.15, -0.1) is 11.3 Å². The first-order valence-corrected chi connectivity index (χ1v) is 9.82. The molecular formula is C16H20N2O2S2. The van der Waals surface area contributed by atoms with Crippen LogP contribution in [0.25, 0.3) is 11.3 Å². The van der Waals surface area contributed by atoms with Crippen LogP contribution in [0.5, 0.6) is 0 Å². The van der Waals surface area contributed by atoms with Crippen molar-refractivity contribution in [1.82, 2.24) is 9.71 Å². The maximum Gasteiger partial charge on any atom is 0.241 e. The van der Waals surface area contributed by atoms with Crippen molar-refractivity contribution >= 4 is 21.4 Å². The third-order valence-corrected chi connectivity index (χ3v) is 6.09. The van der Waals surface area contributed by atoms with Crippen LogP contribution in [0, 0.1) is 6.92 Å². The van der Waals surface area contributed by atoms with Gasteiger partial charge in [0.05, 0.1) is 15.6 Å². The quantitative estimate of drug-likeness (QED) is 0.906. The minimum absolute atomic E-state index is 0.107. The van der Waals surface area contributed by atoms with E-state index in [0.717, 1.165) is 34.7 Å². The highest BCUT2D eigenvalue weighted by Crippen LogP contribution is 2.31. The highest BCUT2D eigenvalue weighted by Gasteiger charge is 2.30. The molecular weight excluding hydrogens is 316 g/mol. The predicted octanol–water partition coefficient (Wildman–Crippen LogP) is 3.68. The SMILES string of the molecule is Cc1nc(-c2ccc(C(C)C)c(S(=O)(=O)NC3CC3)c2)cs1. The van der Waals surface area contributed by atoms with Gasteiger partial charge >= 0.3 is 0 Å². The Balaban J connectivity index is 2.08. The molecule has 3 rings (SSSR count). The van der Waals surface area contributed by atoms with Crippen molar-refractivity contribution in [1.29, 1.82) is 0 Å². The third kappa shape index (κ3) is 3.24. The monoisotopic (exact) mass is 336 g/mol. The van der Waals surface area contributed by atoms with Crippen LogP contribution in [0.15, 0.2) is 28.5 Å². The molecule has 1 aliphatic carbocycles. The lowest BCUT2D eigenvalue weighted by atomic mass is 10.0. The zero-order valence-electron chi connectivity index (χ0n) is 13.0. The van der Waals surface area contributed by atoms with Gasteiger partial charge in [-0.1, -0.05) is 26.0 Å². The van der Waals surface area contributed by atoms with Gasteiger partial charge in [0.15, 0.2) is 0 Å². The second-order valence-corrected chi connectivity index (χ2v) is 8.80. The van der Waals surface area contributed by atoms with E-state index in [-0.39, 0.29) is 12.0 Å². The first-order chi connectivity index (χ1) is 10.4. The highest BCUT2D eigenvalue weighted by molar-refractivity contribution is 7.89. The Morgan fingerprint density at radius 1 is 1.32 bits per heavy atom. The van der Waals surface area contributed by atoms with E-state index in [4.69, 9.17) is 0 Å². The van der Waals surface area contributed by atoms with Crippen LogP contribution < -0.4 is 4.72 Å². The summed E-state index contributed by atoms with van der Waals surface area (Å²) in [6, 6.07) is 5.74. The van der Waals surface area contributed by atoms with Crippen LogP contribution in [0.4, 0.5) is 0 Å². The Bertz CT molecular complexity index is 790. The van der Waals surface area contributed by atoms with Gasteiger partial charge in [0, 0.05) is 17.0 Å². The molecule has 4 nitrogen and oxygen atoms in total. The summed E-state index contributed by atoms with van der Waals surface area (Å²) in [5.41, 5.74) is 2.54. The average Bonchev–Trinajstić information content (AvgIpc) is 3.15. The number of benzene rings is 1. The lowest BCUT2D eigenvalue weighted by Gasteiger charge is -2.15. The summed E-state index contributed by atoms with van der Waals surface area (Å²) in [6.07, 6.45) is 1.86. The molecule has 6 heteroatoms. The topological polar surface area (TPSA) is 59.1 Å². The average molecular weight is 336 g/mol. The number of aromatic nitrogens is 1. The number of aryl methyl sites for hydroxylation is 1. The van der Waals surface area contributed by atoms with Crippen LogP contribution in [-0.2, 0) is 10.0 Å². The van der Waals surface area contributed by atoms with E-state index in [0.29, 0.717) is 4.90 Å². The number of nitrogens with one attached hydrogen (secondary N) is 1. The fourth-order valence-corrected chi connectivity index (χ4v) is 4.70. The Labute approximate surface area is 135 Å². The number of sulfonamides is 1. The van der Waals surface area contributed by atoms with Gasteiger partial charge in [-0.2, -0.15) is 0 Å². The number of hydrogen-bond donors (Lipinski definition) is 1. The number of nitrogens with zero attached hydrogens (tertiary/aromatic N) is 1. The highest BCUT2D eigenvalue weighted by atomic mass is 32.2. The van der Waals surface area contributed by atoms with Crippen molar-refractivity contribution in [2.24, 2.45) is 0 Å². The van der Waals surface area contributed by atoms with Crippen molar-refractivity contribution in [3.8, 4) is 11.3 Å². The molecule has 0 unspecified atom stereocenters. The van der Waals surface area contributed by atoms with Crippen LogP contribution in [-0.4, -0.2) is 19.4 Å². The molecule has 0 amide bonds. The van der Waals surface area contributed by atoms with Gasteiger partial charge in [0.1, 0.15) is 0 Å². The van der Waals surface area contributed by atoms with Gasteiger partial charge in [-0.3, -0.25) is 0 Å². The Morgan fingerprint density at radius 2 is 2.05 bits per heavy atom. The second-order valence-electron chi connectivity index (χ2n) is 6.05. The minimum atomic E-state index is -3.47. The molecule has 22 heavy (non-hydrogen) atoms. The largest absolute Gasteiger partial charge is 0.242 e. The summed E-state index contributed by atoms with van der Waals surface area (Å²) in [5, 5.41) is 2.94. The van der Waals surface area contributed by atoms with Crippen LogP contribution >= 0.6 is 11.3 Å². The Kier molecular flexibility index (Phi) is 4.09. The van der Waals surface area contributed by atoms with Crippen molar-refractivity contribution in [2.45, 2.75) is 50.5 Å². The van der Waals surface area contributed by atoms with Crippen LogP contribution in [0.2, 0.25) is 0 Å². The molecule has 118 valence electrons. The molecule has 1 aromatic heterocycles. The Morgan fingerprint density at radius 3 is 2.59 bits per heavy atom. The molecule has 1 fully saturated rings. The van der Waals surface area contributed by atoms with E-state index in [1.807, 2.05) is 38.3 Å². The minimum Gasteiger partial charge on any atom is -0.242 e. The number of hydrogen-bond acceptors (Lipinski definition) is 4. The summed E-state index contributed by atoms with van der Waals surface area (Å²) in [4.78, 5) is 4.84. The first-order valence-electron chi connectivity index (χ1n) is 7.45. The maximum absolute atomic E-state index is 12.7. The lowest BCUT2D eigenvalue weighted by Crippen LogP contribution is -2.27. The van der Waals surface area contributed by atoms with E-state index in [1.165, 1.54) is 0 Å². The van der Waals surface area contributed by atoms with E-state index >= 15 is 0 Å². The standard InChI is InChI=1S/C16H20N2O2S2/c1-10(2)14-7-4-12(15-9-21-11(3)17-15)8-16(14)22(19,20)18-13-5-6-13/h4,7-10,13,18H,5-6H2,1-3H3. The van der Waals surface area contributed by atoms with Gasteiger partial charge in [-0.05, 0) is 37.3 Å². The van der Waals surface area contributed by atoms with Crippen LogP contribution in [0.3, 0.4) is 0 Å². The molecule has 1 heterocycles. The van der Waals surface area contributed by atoms with E-state index in [1.54, 1.807) is 17.4 Å². The molecule has 1 N–H and O–H groups in total. The fourth-order valence-electron chi connectivity index (χ4n) is 2.38. The zero-order valence-corrected chi connectivity index (χ0v) is 14.6. The van der Waals surface area contributed by atoms with Gasteiger partial charge in [-0.25, -0.2) is 18.1 Å². The lowest BCUT2D eigenvalue weighted by molar-refractivity contribution is 0.579. The summed E-state index contributed by atoms with van der Waals surface area (Å²) in [7, 11) is -3.47. The molecule has 0 radical (unpaired) electrons. The molecule has 0 aliphatic heterocycles. The summed E-state index contributed by atoms with van der Waals surface area (Å²) in [6.45, 7) is 5.97.